The second-order valence-electron chi connectivity index (χ2n) is 11.6. The summed E-state index contributed by atoms with van der Waals surface area (Å²) < 4.78 is 23.4. The van der Waals surface area contributed by atoms with E-state index in [1.165, 1.54) is 0 Å². The lowest BCUT2D eigenvalue weighted by Crippen LogP contribution is -2.51. The van der Waals surface area contributed by atoms with Gasteiger partial charge in [-0.1, -0.05) is 12.1 Å². The van der Waals surface area contributed by atoms with Crippen LogP contribution in [0.2, 0.25) is 0 Å². The molecule has 1 aromatic rings. The van der Waals surface area contributed by atoms with Gasteiger partial charge in [0.25, 0.3) is 0 Å². The zero-order chi connectivity index (χ0) is 26.2. The molecule has 0 radical (unpaired) electrons. The lowest BCUT2D eigenvalue weighted by Gasteiger charge is -2.38. The summed E-state index contributed by atoms with van der Waals surface area (Å²) in [6, 6.07) is 5.63. The van der Waals surface area contributed by atoms with E-state index in [1.54, 1.807) is 19.1 Å². The molecule has 2 heterocycles. The Bertz CT molecular complexity index is 926. The molecule has 2 aliphatic heterocycles. The van der Waals surface area contributed by atoms with Crippen LogP contribution in [0.1, 0.15) is 66.9 Å². The largest absolute Gasteiger partial charge is 0.496 e. The Hall–Kier alpha value is -2.26. The minimum Gasteiger partial charge on any atom is -0.496 e. The number of carbonyl (C=O) groups is 2. The van der Waals surface area contributed by atoms with Crippen LogP contribution in [-0.2, 0) is 25.3 Å². The maximum atomic E-state index is 13.3. The highest BCUT2D eigenvalue weighted by Crippen LogP contribution is 2.36. The fraction of sp³-hybridized carbons (Fsp3) is 0.692. The SMILES string of the molecule is COc1ccc(B2OC(C)(C)C(C)(C)O2)cc1CC(=O)N1CCCC(N(C)C(=O)OC(C)(C)C)C1. The Morgan fingerprint density at radius 2 is 1.80 bits per heavy atom. The van der Waals surface area contributed by atoms with E-state index in [2.05, 4.69) is 0 Å². The number of likely N-dealkylation sites (N-methyl/N-ethyl adjacent to an activating group) is 1. The van der Waals surface area contributed by atoms with E-state index in [1.807, 2.05) is 71.6 Å². The van der Waals surface area contributed by atoms with Gasteiger partial charge in [0.05, 0.1) is 30.8 Å². The number of benzene rings is 1. The summed E-state index contributed by atoms with van der Waals surface area (Å²) in [5.41, 5.74) is 0.183. The maximum absolute atomic E-state index is 13.3. The Balaban J connectivity index is 1.71. The van der Waals surface area contributed by atoms with Crippen LogP contribution in [0.4, 0.5) is 4.79 Å². The van der Waals surface area contributed by atoms with E-state index in [-0.39, 0.29) is 24.5 Å². The predicted molar refractivity (Wildman–Crippen MR) is 136 cm³/mol. The first-order chi connectivity index (χ1) is 16.1. The first kappa shape index (κ1) is 27.3. The maximum Gasteiger partial charge on any atom is 0.494 e. The van der Waals surface area contributed by atoms with Crippen LogP contribution in [0.5, 0.6) is 5.75 Å². The van der Waals surface area contributed by atoms with Gasteiger partial charge in [-0.15, -0.1) is 0 Å². The summed E-state index contributed by atoms with van der Waals surface area (Å²) in [6.07, 6.45) is 1.49. The number of nitrogens with zero attached hydrogens (tertiary/aromatic N) is 2. The minimum atomic E-state index is -0.561. The first-order valence-corrected chi connectivity index (χ1v) is 12.4. The molecular weight excluding hydrogens is 447 g/mol. The van der Waals surface area contributed by atoms with E-state index in [9.17, 15) is 9.59 Å². The lowest BCUT2D eigenvalue weighted by molar-refractivity contribution is -0.132. The molecule has 0 spiro atoms. The number of amides is 2. The zero-order valence-corrected chi connectivity index (χ0v) is 22.8. The molecule has 1 unspecified atom stereocenters. The smallest absolute Gasteiger partial charge is 0.494 e. The molecule has 0 aromatic heterocycles. The number of rotatable bonds is 5. The number of likely N-dealkylation sites (tertiary alicyclic amines) is 1. The average molecular weight is 488 g/mol. The Kier molecular flexibility index (Phi) is 7.82. The number of methoxy groups -OCH3 is 1. The minimum absolute atomic E-state index is 0.00310. The molecule has 3 rings (SSSR count). The van der Waals surface area contributed by atoms with Crippen LogP contribution in [0.25, 0.3) is 0 Å². The van der Waals surface area contributed by atoms with E-state index >= 15 is 0 Å². The quantitative estimate of drug-likeness (QED) is 0.592. The molecule has 1 aromatic carbocycles. The highest BCUT2D eigenvalue weighted by molar-refractivity contribution is 6.62. The Morgan fingerprint density at radius 1 is 1.17 bits per heavy atom. The summed E-state index contributed by atoms with van der Waals surface area (Å²) in [5, 5.41) is 0. The van der Waals surface area contributed by atoms with Gasteiger partial charge in [-0.05, 0) is 72.8 Å². The highest BCUT2D eigenvalue weighted by Gasteiger charge is 2.51. The van der Waals surface area contributed by atoms with E-state index in [0.29, 0.717) is 18.8 Å². The summed E-state index contributed by atoms with van der Waals surface area (Å²) in [4.78, 5) is 29.3. The molecule has 1 atom stereocenters. The summed E-state index contributed by atoms with van der Waals surface area (Å²) in [7, 11) is 2.83. The second-order valence-corrected chi connectivity index (χ2v) is 11.6. The third-order valence-corrected chi connectivity index (χ3v) is 7.15. The van der Waals surface area contributed by atoms with E-state index in [0.717, 1.165) is 23.9 Å². The molecule has 0 N–H and O–H groups in total. The molecule has 0 aliphatic carbocycles. The third kappa shape index (κ3) is 6.30. The van der Waals surface area contributed by atoms with Crippen molar-refractivity contribution in [3.63, 3.8) is 0 Å². The molecule has 2 amide bonds. The van der Waals surface area contributed by atoms with Crippen molar-refractivity contribution < 1.29 is 28.4 Å². The molecule has 8 nitrogen and oxygen atoms in total. The average Bonchev–Trinajstić information content (AvgIpc) is 2.99. The van der Waals surface area contributed by atoms with E-state index in [4.69, 9.17) is 18.8 Å². The lowest BCUT2D eigenvalue weighted by atomic mass is 9.78. The fourth-order valence-corrected chi connectivity index (χ4v) is 4.32. The number of hydrogen-bond donors (Lipinski definition) is 0. The van der Waals surface area contributed by atoms with Crippen LogP contribution >= 0.6 is 0 Å². The standard InChI is InChI=1S/C26H41BN2O6/c1-24(2,3)33-23(31)28(8)20-11-10-14-29(17-20)22(30)16-18-15-19(12-13-21(18)32-9)27-34-25(4,5)26(6,7)35-27/h12-13,15,20H,10-11,14,16-17H2,1-9H3. The second kappa shape index (κ2) is 10.0. The molecular formula is C26H41BN2O6. The Morgan fingerprint density at radius 3 is 2.37 bits per heavy atom. The molecule has 9 heteroatoms. The van der Waals surface area contributed by atoms with Crippen LogP contribution in [0, 0.1) is 0 Å². The van der Waals surface area contributed by atoms with Gasteiger partial charge in [0.2, 0.25) is 5.91 Å². The van der Waals surface area contributed by atoms with Gasteiger partial charge in [-0.3, -0.25) is 4.79 Å². The predicted octanol–water partition coefficient (Wildman–Crippen LogP) is 3.39. The fourth-order valence-electron chi connectivity index (χ4n) is 4.32. The van der Waals surface area contributed by atoms with Gasteiger partial charge in [0.15, 0.2) is 0 Å². The summed E-state index contributed by atoms with van der Waals surface area (Å²) in [5.74, 6) is 0.648. The van der Waals surface area contributed by atoms with Crippen LogP contribution in [0.3, 0.4) is 0 Å². The molecule has 35 heavy (non-hydrogen) atoms. The normalized spacial score (nSPS) is 21.6. The van der Waals surface area contributed by atoms with Crippen molar-refractivity contribution in [2.75, 3.05) is 27.2 Å². The van der Waals surface area contributed by atoms with Gasteiger partial charge in [-0.25, -0.2) is 4.79 Å². The topological polar surface area (TPSA) is 77.5 Å². The third-order valence-electron chi connectivity index (χ3n) is 7.15. The van der Waals surface area contributed by atoms with Crippen molar-refractivity contribution in [3.05, 3.63) is 23.8 Å². The number of hydrogen-bond acceptors (Lipinski definition) is 6. The van der Waals surface area contributed by atoms with Crippen molar-refractivity contribution in [3.8, 4) is 5.75 Å². The summed E-state index contributed by atoms with van der Waals surface area (Å²) in [6.45, 7) is 14.8. The summed E-state index contributed by atoms with van der Waals surface area (Å²) >= 11 is 0. The molecule has 0 bridgehead atoms. The zero-order valence-electron chi connectivity index (χ0n) is 22.8. The molecule has 194 valence electrons. The number of carbonyl (C=O) groups excluding carboxylic acids is 2. The number of piperidine rings is 1. The van der Waals surface area contributed by atoms with Gasteiger partial charge < -0.3 is 28.6 Å². The van der Waals surface area contributed by atoms with Gasteiger partial charge >= 0.3 is 13.2 Å². The monoisotopic (exact) mass is 488 g/mol. The van der Waals surface area contributed by atoms with Crippen molar-refractivity contribution in [1.82, 2.24) is 9.80 Å². The van der Waals surface area contributed by atoms with Crippen molar-refractivity contribution in [2.45, 2.75) is 90.6 Å². The van der Waals surface area contributed by atoms with E-state index < -0.39 is 23.9 Å². The highest BCUT2D eigenvalue weighted by atomic mass is 16.7. The number of ether oxygens (including phenoxy) is 2. The molecule has 2 aliphatic rings. The first-order valence-electron chi connectivity index (χ1n) is 12.4. The van der Waals surface area contributed by atoms with Crippen LogP contribution in [-0.4, -0.2) is 79.0 Å². The van der Waals surface area contributed by atoms with Crippen molar-refractivity contribution in [1.29, 1.82) is 0 Å². The molecule has 2 fully saturated rings. The van der Waals surface area contributed by atoms with Gasteiger partial charge in [0.1, 0.15) is 11.4 Å². The molecule has 0 saturated carbocycles. The van der Waals surface area contributed by atoms with Crippen molar-refractivity contribution >= 4 is 24.6 Å². The van der Waals surface area contributed by atoms with Crippen molar-refractivity contribution in [2.24, 2.45) is 0 Å². The molecule has 2 saturated heterocycles. The van der Waals surface area contributed by atoms with Crippen LogP contribution < -0.4 is 10.2 Å². The van der Waals surface area contributed by atoms with Crippen LogP contribution in [0.15, 0.2) is 18.2 Å². The van der Waals surface area contributed by atoms with Gasteiger partial charge in [-0.2, -0.15) is 0 Å². The Labute approximate surface area is 210 Å². The van der Waals surface area contributed by atoms with Gasteiger partial charge in [0, 0.05) is 25.7 Å².